The van der Waals surface area contributed by atoms with Crippen LogP contribution in [0.2, 0.25) is 0 Å². The summed E-state index contributed by atoms with van der Waals surface area (Å²) in [6, 6.07) is 14.3. The molecule has 3 nitrogen and oxygen atoms in total. The van der Waals surface area contributed by atoms with Gasteiger partial charge in [0.2, 0.25) is 0 Å². The van der Waals surface area contributed by atoms with Gasteiger partial charge in [-0.1, -0.05) is 88.0 Å². The largest absolute Gasteiger partial charge is 0.365 e. The average molecular weight is 394 g/mol. The Morgan fingerprint density at radius 2 is 1.55 bits per heavy atom. The average Bonchev–Trinajstić information content (AvgIpc) is 2.74. The van der Waals surface area contributed by atoms with Gasteiger partial charge >= 0.3 is 5.97 Å². The van der Waals surface area contributed by atoms with Crippen molar-refractivity contribution in [3.63, 3.8) is 0 Å². The first-order chi connectivity index (χ1) is 14.2. The molecule has 2 aromatic carbocycles. The van der Waals surface area contributed by atoms with E-state index < -0.39 is 0 Å². The van der Waals surface area contributed by atoms with Gasteiger partial charge in [-0.25, -0.2) is 4.79 Å². The first kappa shape index (κ1) is 22.9. The highest BCUT2D eigenvalue weighted by molar-refractivity contribution is 5.91. The monoisotopic (exact) mass is 393 g/mol. The number of hydrogen-bond acceptors (Lipinski definition) is 3. The molecule has 0 N–H and O–H groups in total. The predicted molar refractivity (Wildman–Crippen MR) is 122 cm³/mol. The highest BCUT2D eigenvalue weighted by Crippen LogP contribution is 2.18. The molecule has 156 valence electrons. The number of unbranched alkanes of at least 4 members (excludes halogenated alkanes) is 3. The van der Waals surface area contributed by atoms with Gasteiger partial charge in [-0.2, -0.15) is 0 Å². The molecular formula is C26H35NO2. The standard InChI is InChI=1S/C26H35NO2/c1-4-7-9-12-24-19-22(11-8-5-2)17-18-25(24)26(28)29-27-20-23-15-13-21(10-6-3)14-16-23/h13-20H,4-12H2,1-3H3. The van der Waals surface area contributed by atoms with Crippen molar-refractivity contribution in [2.75, 3.05) is 0 Å². The number of carbonyl (C=O) groups is 1. The summed E-state index contributed by atoms with van der Waals surface area (Å²) in [7, 11) is 0. The highest BCUT2D eigenvalue weighted by atomic mass is 16.7. The molecule has 3 heteroatoms. The van der Waals surface area contributed by atoms with E-state index in [0.29, 0.717) is 5.56 Å². The topological polar surface area (TPSA) is 38.7 Å². The molecule has 0 aromatic heterocycles. The summed E-state index contributed by atoms with van der Waals surface area (Å²) in [5, 5.41) is 3.93. The minimum absolute atomic E-state index is 0.377. The van der Waals surface area contributed by atoms with Crippen molar-refractivity contribution in [1.82, 2.24) is 0 Å². The summed E-state index contributed by atoms with van der Waals surface area (Å²) in [6.45, 7) is 6.56. The fraction of sp³-hybridized carbons (Fsp3) is 0.462. The molecule has 0 bridgehead atoms. The van der Waals surface area contributed by atoms with Crippen molar-refractivity contribution >= 4 is 12.2 Å². The molecule has 2 rings (SSSR count). The van der Waals surface area contributed by atoms with Gasteiger partial charge in [0.05, 0.1) is 11.8 Å². The summed E-state index contributed by atoms with van der Waals surface area (Å²) >= 11 is 0. The Labute approximate surface area is 176 Å². The van der Waals surface area contributed by atoms with E-state index in [1.807, 2.05) is 24.3 Å². The molecule has 0 aliphatic rings. The first-order valence-electron chi connectivity index (χ1n) is 11.1. The third kappa shape index (κ3) is 7.84. The SMILES string of the molecule is CCCCCc1cc(CCCC)ccc1C(=O)ON=Cc1ccc(CCC)cc1. The van der Waals surface area contributed by atoms with Crippen molar-refractivity contribution in [2.45, 2.75) is 78.6 Å². The fourth-order valence-corrected chi connectivity index (χ4v) is 3.40. The van der Waals surface area contributed by atoms with E-state index >= 15 is 0 Å². The highest BCUT2D eigenvalue weighted by Gasteiger charge is 2.14. The maximum atomic E-state index is 12.6. The summed E-state index contributed by atoms with van der Waals surface area (Å²) in [5.41, 5.74) is 5.25. The number of carbonyl (C=O) groups excluding carboxylic acids is 1. The predicted octanol–water partition coefficient (Wildman–Crippen LogP) is 6.91. The van der Waals surface area contributed by atoms with Gasteiger partial charge in [0.25, 0.3) is 0 Å². The van der Waals surface area contributed by atoms with Crippen LogP contribution in [0.5, 0.6) is 0 Å². The summed E-state index contributed by atoms with van der Waals surface area (Å²) in [6.07, 6.45) is 11.5. The van der Waals surface area contributed by atoms with E-state index in [0.717, 1.165) is 49.7 Å². The Morgan fingerprint density at radius 1 is 0.828 bits per heavy atom. The van der Waals surface area contributed by atoms with Crippen molar-refractivity contribution in [2.24, 2.45) is 5.16 Å². The van der Waals surface area contributed by atoms with Gasteiger partial charge in [0, 0.05) is 0 Å². The lowest BCUT2D eigenvalue weighted by molar-refractivity contribution is 0.0518. The number of benzene rings is 2. The number of oxime groups is 1. The number of nitrogens with zero attached hydrogens (tertiary/aromatic N) is 1. The molecule has 0 unspecified atom stereocenters. The zero-order valence-corrected chi connectivity index (χ0v) is 18.2. The molecule has 2 aromatic rings. The van der Waals surface area contributed by atoms with E-state index in [9.17, 15) is 4.79 Å². The van der Waals surface area contributed by atoms with E-state index in [2.05, 4.69) is 44.1 Å². The lowest BCUT2D eigenvalue weighted by Crippen LogP contribution is -2.07. The minimum Gasteiger partial charge on any atom is -0.313 e. The van der Waals surface area contributed by atoms with Crippen molar-refractivity contribution in [1.29, 1.82) is 0 Å². The van der Waals surface area contributed by atoms with Crippen LogP contribution in [0.1, 0.15) is 91.9 Å². The lowest BCUT2D eigenvalue weighted by Gasteiger charge is -2.10. The third-order valence-corrected chi connectivity index (χ3v) is 5.11. The van der Waals surface area contributed by atoms with Gasteiger partial charge in [-0.3, -0.25) is 0 Å². The van der Waals surface area contributed by atoms with Gasteiger partial charge in [0.15, 0.2) is 0 Å². The Balaban J connectivity index is 2.05. The molecule has 0 atom stereocenters. The van der Waals surface area contributed by atoms with Crippen LogP contribution < -0.4 is 0 Å². The molecule has 0 saturated carbocycles. The fourth-order valence-electron chi connectivity index (χ4n) is 3.40. The molecule has 0 heterocycles. The lowest BCUT2D eigenvalue weighted by atomic mass is 9.97. The second kappa shape index (κ2) is 12.9. The van der Waals surface area contributed by atoms with Gasteiger partial charge in [0.1, 0.15) is 0 Å². The zero-order chi connectivity index (χ0) is 20.9. The normalized spacial score (nSPS) is 11.1. The second-order valence-corrected chi connectivity index (χ2v) is 7.66. The molecule has 0 radical (unpaired) electrons. The number of hydrogen-bond donors (Lipinski definition) is 0. The Morgan fingerprint density at radius 3 is 2.24 bits per heavy atom. The van der Waals surface area contributed by atoms with Gasteiger partial charge in [-0.15, -0.1) is 0 Å². The molecule has 0 amide bonds. The van der Waals surface area contributed by atoms with Crippen LogP contribution in [-0.4, -0.2) is 12.2 Å². The van der Waals surface area contributed by atoms with E-state index in [1.165, 1.54) is 30.4 Å². The van der Waals surface area contributed by atoms with Crippen LogP contribution >= 0.6 is 0 Å². The van der Waals surface area contributed by atoms with Crippen LogP contribution in [-0.2, 0) is 24.1 Å². The summed E-state index contributed by atoms with van der Waals surface area (Å²) in [5.74, 6) is -0.377. The molecule has 0 aliphatic carbocycles. The molecular weight excluding hydrogens is 358 g/mol. The Hall–Kier alpha value is -2.42. The van der Waals surface area contributed by atoms with Crippen molar-refractivity contribution < 1.29 is 9.63 Å². The zero-order valence-electron chi connectivity index (χ0n) is 18.2. The van der Waals surface area contributed by atoms with Crippen molar-refractivity contribution in [3.05, 3.63) is 70.3 Å². The summed E-state index contributed by atoms with van der Waals surface area (Å²) < 4.78 is 0. The third-order valence-electron chi connectivity index (χ3n) is 5.11. The molecule has 0 saturated heterocycles. The maximum Gasteiger partial charge on any atom is 0.365 e. The molecule has 0 spiro atoms. The van der Waals surface area contributed by atoms with Crippen molar-refractivity contribution in [3.8, 4) is 0 Å². The molecule has 0 fully saturated rings. The van der Waals surface area contributed by atoms with Crippen LogP contribution in [0.4, 0.5) is 0 Å². The molecule has 29 heavy (non-hydrogen) atoms. The van der Waals surface area contributed by atoms with Crippen LogP contribution in [0.3, 0.4) is 0 Å². The minimum atomic E-state index is -0.377. The summed E-state index contributed by atoms with van der Waals surface area (Å²) in [4.78, 5) is 17.8. The Bertz CT molecular complexity index is 778. The maximum absolute atomic E-state index is 12.6. The van der Waals surface area contributed by atoms with Gasteiger partial charge < -0.3 is 4.84 Å². The number of rotatable bonds is 12. The van der Waals surface area contributed by atoms with Crippen LogP contribution in [0.15, 0.2) is 47.6 Å². The van der Waals surface area contributed by atoms with Crippen LogP contribution in [0.25, 0.3) is 0 Å². The van der Waals surface area contributed by atoms with E-state index in [1.54, 1.807) is 6.21 Å². The van der Waals surface area contributed by atoms with E-state index in [4.69, 9.17) is 4.84 Å². The van der Waals surface area contributed by atoms with E-state index in [-0.39, 0.29) is 5.97 Å². The second-order valence-electron chi connectivity index (χ2n) is 7.66. The smallest absolute Gasteiger partial charge is 0.313 e. The number of aryl methyl sites for hydroxylation is 3. The first-order valence-corrected chi connectivity index (χ1v) is 11.1. The molecule has 0 aliphatic heterocycles. The quantitative estimate of drug-likeness (QED) is 0.170. The Kier molecular flexibility index (Phi) is 10.2. The van der Waals surface area contributed by atoms with Gasteiger partial charge in [-0.05, 0) is 60.4 Å². The van der Waals surface area contributed by atoms with Crippen LogP contribution in [0, 0.1) is 0 Å².